The van der Waals surface area contributed by atoms with Crippen LogP contribution >= 0.6 is 0 Å². The fourth-order valence-electron chi connectivity index (χ4n) is 4.18. The van der Waals surface area contributed by atoms with Crippen LogP contribution in [0.5, 0.6) is 0 Å². The monoisotopic (exact) mass is 333 g/mol. The molecule has 1 amide bonds. The number of ketones is 1. The van der Waals surface area contributed by atoms with Crippen LogP contribution < -0.4 is 4.90 Å². The van der Waals surface area contributed by atoms with E-state index in [1.807, 2.05) is 35.2 Å². The molecule has 2 aromatic rings. The molecule has 128 valence electrons. The van der Waals surface area contributed by atoms with E-state index in [4.69, 9.17) is 0 Å². The van der Waals surface area contributed by atoms with E-state index in [1.54, 1.807) is 0 Å². The van der Waals surface area contributed by atoms with Crippen LogP contribution in [-0.2, 0) is 24.1 Å². The van der Waals surface area contributed by atoms with Gasteiger partial charge in [0, 0.05) is 30.1 Å². The van der Waals surface area contributed by atoms with E-state index in [9.17, 15) is 9.59 Å². The molecule has 0 spiro atoms. The largest absolute Gasteiger partial charge is 0.309 e. The molecule has 1 aliphatic heterocycles. The molecule has 25 heavy (non-hydrogen) atoms. The van der Waals surface area contributed by atoms with Crippen LogP contribution in [0.15, 0.2) is 42.5 Å². The first-order valence-corrected chi connectivity index (χ1v) is 9.18. The van der Waals surface area contributed by atoms with Crippen molar-refractivity contribution in [3.8, 4) is 0 Å². The van der Waals surface area contributed by atoms with Gasteiger partial charge in [0.2, 0.25) is 5.91 Å². The highest BCUT2D eigenvalue weighted by Gasteiger charge is 2.30. The zero-order chi connectivity index (χ0) is 17.4. The van der Waals surface area contributed by atoms with Gasteiger partial charge in [-0.05, 0) is 61.4 Å². The van der Waals surface area contributed by atoms with Crippen molar-refractivity contribution < 1.29 is 9.59 Å². The summed E-state index contributed by atoms with van der Waals surface area (Å²) in [5.41, 5.74) is 5.65. The third-order valence-corrected chi connectivity index (χ3v) is 5.46. The van der Waals surface area contributed by atoms with Gasteiger partial charge in [0.1, 0.15) is 0 Å². The molecular weight excluding hydrogens is 310 g/mol. The molecule has 0 N–H and O–H groups in total. The van der Waals surface area contributed by atoms with Gasteiger partial charge in [0.25, 0.3) is 0 Å². The molecule has 1 unspecified atom stereocenters. The maximum Gasteiger partial charge on any atom is 0.227 e. The summed E-state index contributed by atoms with van der Waals surface area (Å²) in [4.78, 5) is 27.1. The maximum atomic E-state index is 12.7. The van der Waals surface area contributed by atoms with Gasteiger partial charge in [0.05, 0.1) is 0 Å². The number of fused-ring (bicyclic) bond motifs is 2. The number of hydrogen-bond donors (Lipinski definition) is 0. The molecule has 4 rings (SSSR count). The fourth-order valence-corrected chi connectivity index (χ4v) is 4.18. The van der Waals surface area contributed by atoms with Crippen molar-refractivity contribution in [1.82, 2.24) is 0 Å². The van der Waals surface area contributed by atoms with E-state index >= 15 is 0 Å². The number of anilines is 1. The van der Waals surface area contributed by atoms with E-state index in [0.29, 0.717) is 0 Å². The molecule has 2 aromatic carbocycles. The molecule has 0 radical (unpaired) electrons. The van der Waals surface area contributed by atoms with E-state index in [1.165, 1.54) is 23.1 Å². The first kappa shape index (κ1) is 16.1. The van der Waals surface area contributed by atoms with Crippen LogP contribution in [0.4, 0.5) is 5.69 Å². The minimum atomic E-state index is 0.0481. The second-order valence-electron chi connectivity index (χ2n) is 7.21. The predicted molar refractivity (Wildman–Crippen MR) is 99.1 cm³/mol. The molecule has 2 aliphatic rings. The van der Waals surface area contributed by atoms with Gasteiger partial charge in [-0.2, -0.15) is 0 Å². The average Bonchev–Trinajstić information content (AvgIpc) is 3.21. The smallest absolute Gasteiger partial charge is 0.227 e. The molecule has 0 saturated carbocycles. The van der Waals surface area contributed by atoms with Crippen LogP contribution in [0.2, 0.25) is 0 Å². The number of para-hydroxylation sites is 1. The molecule has 3 heteroatoms. The zero-order valence-electron chi connectivity index (χ0n) is 14.6. The van der Waals surface area contributed by atoms with Gasteiger partial charge in [-0.15, -0.1) is 0 Å². The number of benzene rings is 2. The van der Waals surface area contributed by atoms with E-state index < -0.39 is 0 Å². The molecule has 0 fully saturated rings. The summed E-state index contributed by atoms with van der Waals surface area (Å²) >= 11 is 0. The number of amides is 1. The maximum absolute atomic E-state index is 12.7. The van der Waals surface area contributed by atoms with Crippen molar-refractivity contribution >= 4 is 17.4 Å². The Morgan fingerprint density at radius 1 is 1.00 bits per heavy atom. The van der Waals surface area contributed by atoms with Crippen LogP contribution in [-0.4, -0.2) is 17.7 Å². The Bertz CT molecular complexity index is 840. The normalized spacial score (nSPS) is 18.1. The molecule has 0 aromatic heterocycles. The Morgan fingerprint density at radius 3 is 2.68 bits per heavy atom. The Morgan fingerprint density at radius 2 is 1.80 bits per heavy atom. The molecule has 0 saturated heterocycles. The van der Waals surface area contributed by atoms with Crippen molar-refractivity contribution in [2.75, 3.05) is 4.90 Å². The zero-order valence-corrected chi connectivity index (χ0v) is 14.6. The molecule has 0 bridgehead atoms. The van der Waals surface area contributed by atoms with Gasteiger partial charge in [-0.3, -0.25) is 9.59 Å². The lowest BCUT2D eigenvalue weighted by molar-refractivity contribution is -0.118. The fraction of sp³-hybridized carbons (Fsp3) is 0.364. The molecule has 1 aliphatic carbocycles. The van der Waals surface area contributed by atoms with Crippen molar-refractivity contribution in [1.29, 1.82) is 0 Å². The average molecular weight is 333 g/mol. The van der Waals surface area contributed by atoms with E-state index in [-0.39, 0.29) is 30.6 Å². The summed E-state index contributed by atoms with van der Waals surface area (Å²) in [6.45, 7) is 2.07. The standard InChI is InChI=1S/C22H23NO2/c1-15-13-18-5-2-3-8-20(18)23(15)22(25)12-11-21(24)19-10-9-16-6-4-7-17(16)14-19/h2-3,5,8-10,14-15H,4,6-7,11-13H2,1H3. The number of carbonyl (C=O) groups excluding carboxylic acids is 2. The van der Waals surface area contributed by atoms with Gasteiger partial charge < -0.3 is 4.90 Å². The second-order valence-corrected chi connectivity index (χ2v) is 7.21. The number of aryl methyl sites for hydroxylation is 2. The van der Waals surface area contributed by atoms with Gasteiger partial charge >= 0.3 is 0 Å². The summed E-state index contributed by atoms with van der Waals surface area (Å²) in [6, 6.07) is 14.3. The van der Waals surface area contributed by atoms with Gasteiger partial charge in [-0.1, -0.05) is 30.3 Å². The van der Waals surface area contributed by atoms with Crippen molar-refractivity contribution in [2.45, 2.75) is 51.5 Å². The summed E-state index contributed by atoms with van der Waals surface area (Å²) in [6.07, 6.45) is 4.81. The van der Waals surface area contributed by atoms with Crippen LogP contribution in [0.1, 0.15) is 53.2 Å². The SMILES string of the molecule is CC1Cc2ccccc2N1C(=O)CCC(=O)c1ccc2c(c1)CCC2. The van der Waals surface area contributed by atoms with Crippen LogP contribution in [0.3, 0.4) is 0 Å². The first-order valence-electron chi connectivity index (χ1n) is 9.18. The Balaban J connectivity index is 1.43. The summed E-state index contributed by atoms with van der Waals surface area (Å²) in [5.74, 6) is 0.121. The third kappa shape index (κ3) is 2.99. The number of Topliss-reactive ketones (excluding diaryl/α,β-unsaturated/α-hetero) is 1. The summed E-state index contributed by atoms with van der Waals surface area (Å²) in [5, 5.41) is 0. The van der Waals surface area contributed by atoms with Gasteiger partial charge in [0.15, 0.2) is 5.78 Å². The van der Waals surface area contributed by atoms with Crippen LogP contribution in [0.25, 0.3) is 0 Å². The van der Waals surface area contributed by atoms with Crippen molar-refractivity contribution in [3.05, 3.63) is 64.7 Å². The lowest BCUT2D eigenvalue weighted by atomic mass is 10.0. The number of nitrogens with zero attached hydrogens (tertiary/aromatic N) is 1. The topological polar surface area (TPSA) is 37.4 Å². The highest BCUT2D eigenvalue weighted by molar-refractivity contribution is 6.02. The molecular formula is C22H23NO2. The molecule has 1 atom stereocenters. The minimum Gasteiger partial charge on any atom is -0.309 e. The number of carbonyl (C=O) groups is 2. The lowest BCUT2D eigenvalue weighted by Crippen LogP contribution is -2.35. The third-order valence-electron chi connectivity index (χ3n) is 5.46. The van der Waals surface area contributed by atoms with Gasteiger partial charge in [-0.25, -0.2) is 0 Å². The highest BCUT2D eigenvalue weighted by Crippen LogP contribution is 2.32. The second kappa shape index (κ2) is 6.47. The molecule has 1 heterocycles. The minimum absolute atomic E-state index is 0.0481. The Hall–Kier alpha value is -2.42. The number of rotatable bonds is 4. The van der Waals surface area contributed by atoms with Crippen LogP contribution in [0, 0.1) is 0 Å². The van der Waals surface area contributed by atoms with Crippen molar-refractivity contribution in [3.63, 3.8) is 0 Å². The van der Waals surface area contributed by atoms with E-state index in [2.05, 4.69) is 19.1 Å². The molecule has 3 nitrogen and oxygen atoms in total. The van der Waals surface area contributed by atoms with E-state index in [0.717, 1.165) is 30.5 Å². The summed E-state index contributed by atoms with van der Waals surface area (Å²) in [7, 11) is 0. The lowest BCUT2D eigenvalue weighted by Gasteiger charge is -2.22. The number of hydrogen-bond acceptors (Lipinski definition) is 2. The summed E-state index contributed by atoms with van der Waals surface area (Å²) < 4.78 is 0. The highest BCUT2D eigenvalue weighted by atomic mass is 16.2. The Labute approximate surface area is 148 Å². The van der Waals surface area contributed by atoms with Crippen molar-refractivity contribution in [2.24, 2.45) is 0 Å². The first-order chi connectivity index (χ1) is 12.1. The quantitative estimate of drug-likeness (QED) is 0.790. The predicted octanol–water partition coefficient (Wildman–Crippen LogP) is 4.12. The Kier molecular flexibility index (Phi) is 4.16.